The van der Waals surface area contributed by atoms with Gasteiger partial charge in [0.2, 0.25) is 11.7 Å². The maximum Gasteiger partial charge on any atom is 1.00 e. The minimum absolute atomic E-state index is 0. The third-order valence-corrected chi connectivity index (χ3v) is 14.5. The number of hydrogen-bond acceptors (Lipinski definition) is 23. The van der Waals surface area contributed by atoms with E-state index in [1.807, 2.05) is 97.6 Å². The van der Waals surface area contributed by atoms with Gasteiger partial charge in [0.25, 0.3) is 7.82 Å². The van der Waals surface area contributed by atoms with Crippen LogP contribution in [0.25, 0.3) is 0 Å². The summed E-state index contributed by atoms with van der Waals surface area (Å²) in [5.41, 5.74) is 4.45. The van der Waals surface area contributed by atoms with Crippen molar-refractivity contribution in [3.05, 3.63) is 22.7 Å². The maximum absolute atomic E-state index is 12.8. The van der Waals surface area contributed by atoms with Crippen LogP contribution in [-0.4, -0.2) is 166 Å². The second-order valence-electron chi connectivity index (χ2n) is 14.4. The molecule has 11 atom stereocenters. The molecule has 0 spiro atoms. The number of carbonyl (C=O) groups excluding carboxylic acids is 2. The molecule has 0 radical (unpaired) electrons. The average Bonchev–Trinajstić information content (AvgIpc) is 3.69. The monoisotopic (exact) mass is 1260 g/mol. The van der Waals surface area contributed by atoms with Crippen molar-refractivity contribution in [2.75, 3.05) is 65.0 Å². The summed E-state index contributed by atoms with van der Waals surface area (Å²) in [6.07, 6.45) is -10.1. The van der Waals surface area contributed by atoms with Crippen molar-refractivity contribution in [2.24, 2.45) is 0 Å². The van der Waals surface area contributed by atoms with Gasteiger partial charge in [-0.15, -0.1) is 0 Å². The molecule has 2 fully saturated rings. The summed E-state index contributed by atoms with van der Waals surface area (Å²) < 4.78 is 33.5. The molecule has 1 aromatic rings. The zero-order chi connectivity index (χ0) is 60.9. The molecule has 9 unspecified atom stereocenters. The fourth-order valence-electron chi connectivity index (χ4n) is 5.25. The maximum atomic E-state index is 12.8. The number of nitrogens with zero attached hydrogens (tertiary/aromatic N) is 2. The Kier molecular flexibility index (Phi) is 84.8. The second kappa shape index (κ2) is 67.3. The molecule has 3 rings (SSSR count). The molecule has 0 aromatic carbocycles. The van der Waals surface area contributed by atoms with E-state index < -0.39 is 106 Å². The van der Waals surface area contributed by atoms with Crippen LogP contribution in [0.15, 0.2) is 17.1 Å². The standard InChI is InChI=1S/C22H35N4O16PS2.2C5H12S.C4H10S.2C3H8.4C2H6.2Na/c1-2-44-45-8-13(30)25-14-9(28)5-22(20(34)35,41-18(14)15(31)10(29)6-27)42-43(37,38)39-7-11-16(32)17(33)19(40-11)26-4-3-12(23)24-21(26)36;2*1-3-5-6-4-2;1-3-5-4-2;2*1-3-2;4*1-2;;/h3-4,9-11,14-19,27-29,31-33H,2,5-8H2,1H3,(H,25,30)(H,34,35)(H,37,38)(H2,23,24,36);2*3-5H2,1-2H3;3-4H2,1-2H3;2*3H2,1-2H3;4*1-2H3;;/q;;;;;;;;;;2*+1/p-2/t9?,10-,11?,14?,15-,16?,17?,18?,19?,22?;;;;;;;;;;;/m1.........../s1. The summed E-state index contributed by atoms with van der Waals surface area (Å²) >= 11 is 5.98. The Hall–Kier alpha value is 1.16. The van der Waals surface area contributed by atoms with E-state index >= 15 is 0 Å². The van der Waals surface area contributed by atoms with Gasteiger partial charge in [-0.1, -0.05) is 166 Å². The Morgan fingerprint density at radius 3 is 1.65 bits per heavy atom. The average molecular weight is 1260 g/mol. The van der Waals surface area contributed by atoms with Crippen molar-refractivity contribution in [3.63, 3.8) is 0 Å². The van der Waals surface area contributed by atoms with E-state index in [9.17, 15) is 59.6 Å². The molecule has 28 heteroatoms. The van der Waals surface area contributed by atoms with Crippen molar-refractivity contribution in [3.8, 4) is 0 Å². The Morgan fingerprint density at radius 1 is 0.833 bits per heavy atom. The molecule has 20 nitrogen and oxygen atoms in total. The number of amides is 1. The molecule has 1 amide bonds. The Bertz CT molecular complexity index is 1530. The number of phosphoric acid groups is 1. The van der Waals surface area contributed by atoms with Crippen LogP contribution in [0.5, 0.6) is 0 Å². The van der Waals surface area contributed by atoms with Crippen LogP contribution in [0.3, 0.4) is 0 Å². The molecule has 0 aliphatic carbocycles. The SMILES string of the molecule is CC.CC.CC.CC.CCC.CCC.CCCSCC.CCCSCC.CCSCC.CCSSCC(=O)NC1C(O)CC(OP(=O)([O-])OCC2OC(n3ccc(N)nc3=O)C(O)C2O)(C(=O)[O-])OC1[C@H](O)[C@H](O)CO.[Na+].[Na+]. The van der Waals surface area contributed by atoms with Crippen LogP contribution in [0.2, 0.25) is 0 Å². The minimum Gasteiger partial charge on any atom is -0.756 e. The number of carboxylic acids is 1. The van der Waals surface area contributed by atoms with Crippen molar-refractivity contribution in [2.45, 2.75) is 224 Å². The number of nitrogen functional groups attached to an aromatic ring is 1. The molecule has 0 saturated carbocycles. The topological polar surface area (TPSA) is 329 Å². The number of hydrogen-bond donors (Lipinski definition) is 8. The number of aliphatic hydroxyl groups is 6. The summed E-state index contributed by atoms with van der Waals surface area (Å²) in [6.45, 7) is 37.3. The number of aliphatic hydroxyl groups excluding tert-OH is 6. The van der Waals surface area contributed by atoms with Crippen LogP contribution < -0.4 is 85.9 Å². The Morgan fingerprint density at radius 2 is 1.29 bits per heavy atom. The molecule has 2 saturated heterocycles. The first kappa shape index (κ1) is 98.2. The summed E-state index contributed by atoms with van der Waals surface area (Å²) in [5, 5.41) is 75.9. The zero-order valence-electron chi connectivity index (χ0n) is 51.7. The molecule has 460 valence electrons. The second-order valence-corrected chi connectivity index (χ2v) is 22.8. The number of carbonyl (C=O) groups is 2. The summed E-state index contributed by atoms with van der Waals surface area (Å²) in [7, 11) is -3.36. The van der Waals surface area contributed by atoms with Crippen LogP contribution in [0.1, 0.15) is 170 Å². The van der Waals surface area contributed by atoms with Crippen molar-refractivity contribution >= 4 is 82.4 Å². The third-order valence-electron chi connectivity index (χ3n) is 8.15. The summed E-state index contributed by atoms with van der Waals surface area (Å²) in [6, 6.07) is -0.439. The number of thioether (sulfide) groups is 3. The van der Waals surface area contributed by atoms with E-state index in [-0.39, 0.29) is 70.7 Å². The quantitative estimate of drug-likeness (QED) is 0.0330. The van der Waals surface area contributed by atoms with Crippen molar-refractivity contribution in [1.29, 1.82) is 0 Å². The van der Waals surface area contributed by atoms with E-state index in [2.05, 4.69) is 88.6 Å². The third kappa shape index (κ3) is 47.4. The summed E-state index contributed by atoms with van der Waals surface area (Å²) in [5.74, 6) is 1.62. The number of carboxylic acid groups (broad SMARTS) is 1. The number of phosphoric ester groups is 1. The molecular formula is C50H107N4Na2O16PS5. The number of anilines is 1. The van der Waals surface area contributed by atoms with E-state index in [4.69, 9.17) is 15.2 Å². The largest absolute Gasteiger partial charge is 1.00 e. The fourth-order valence-corrected chi connectivity index (χ4v) is 9.26. The van der Waals surface area contributed by atoms with E-state index in [1.165, 1.54) is 77.1 Å². The van der Waals surface area contributed by atoms with Gasteiger partial charge in [0.05, 0.1) is 31.1 Å². The van der Waals surface area contributed by atoms with E-state index in [0.29, 0.717) is 5.75 Å². The van der Waals surface area contributed by atoms with Crippen LogP contribution in [-0.2, 0) is 32.7 Å². The summed E-state index contributed by atoms with van der Waals surface area (Å²) in [4.78, 5) is 53.0. The zero-order valence-corrected chi connectivity index (χ0v) is 60.7. The number of rotatable bonds is 23. The molecule has 1 aromatic heterocycles. The van der Waals surface area contributed by atoms with Crippen molar-refractivity contribution in [1.82, 2.24) is 14.9 Å². The number of aromatic nitrogens is 2. The molecule has 78 heavy (non-hydrogen) atoms. The number of ether oxygens (including phenoxy) is 2. The number of nitrogens with one attached hydrogen (secondary N) is 1. The van der Waals surface area contributed by atoms with Gasteiger partial charge in [0.1, 0.15) is 48.4 Å². The number of aliphatic carboxylic acids is 1. The first-order valence-electron chi connectivity index (χ1n) is 27.0. The fraction of sp³-hybridized carbons (Fsp3) is 0.880. The normalized spacial score (nSPS) is 21.6. The predicted molar refractivity (Wildman–Crippen MR) is 321 cm³/mol. The first-order chi connectivity index (χ1) is 36.1. The van der Waals surface area contributed by atoms with Crippen LogP contribution in [0.4, 0.5) is 5.82 Å². The van der Waals surface area contributed by atoms with Gasteiger partial charge in [-0.05, 0) is 53.4 Å². The van der Waals surface area contributed by atoms with E-state index in [1.54, 1.807) is 0 Å². The smallest absolute Gasteiger partial charge is 0.756 e. The van der Waals surface area contributed by atoms with Gasteiger partial charge in [0.15, 0.2) is 6.23 Å². The minimum atomic E-state index is -5.83. The Labute approximate surface area is 536 Å². The Balaban J connectivity index is -0.000000170. The van der Waals surface area contributed by atoms with Crippen LogP contribution >= 0.6 is 64.7 Å². The van der Waals surface area contributed by atoms with Gasteiger partial charge < -0.3 is 70.5 Å². The molecule has 0 bridgehead atoms. The van der Waals surface area contributed by atoms with Gasteiger partial charge in [-0.25, -0.2) is 4.79 Å². The molecule has 2 aliphatic rings. The van der Waals surface area contributed by atoms with E-state index in [0.717, 1.165) is 21.6 Å². The first-order valence-corrected chi connectivity index (χ1v) is 34.4. The van der Waals surface area contributed by atoms with Gasteiger partial charge in [-0.3, -0.25) is 18.5 Å². The van der Waals surface area contributed by atoms with Crippen LogP contribution in [0, 0.1) is 0 Å². The van der Waals surface area contributed by atoms with Gasteiger partial charge >= 0.3 is 64.8 Å². The number of nitrogens with two attached hydrogens (primary N) is 1. The van der Waals surface area contributed by atoms with Gasteiger partial charge in [0, 0.05) is 18.4 Å². The molecule has 2 aliphatic heterocycles. The predicted octanol–water partition coefficient (Wildman–Crippen LogP) is 1.15. The molecular weight excluding hydrogens is 1150 g/mol. The van der Waals surface area contributed by atoms with Gasteiger partial charge in [-0.2, -0.15) is 40.3 Å². The molecule has 9 N–H and O–H groups in total. The van der Waals surface area contributed by atoms with Crippen molar-refractivity contribution < 1.29 is 132 Å². The molecule has 3 heterocycles.